The number of benzene rings is 1. The van der Waals surface area contributed by atoms with E-state index in [1.165, 1.54) is 0 Å². The third kappa shape index (κ3) is 6.33. The van der Waals surface area contributed by atoms with Gasteiger partial charge in [-0.05, 0) is 62.9 Å². The van der Waals surface area contributed by atoms with Crippen molar-refractivity contribution in [3.05, 3.63) is 34.9 Å². The van der Waals surface area contributed by atoms with Crippen LogP contribution in [0.5, 0.6) is 0 Å². The highest BCUT2D eigenvalue weighted by molar-refractivity contribution is 6.30. The van der Waals surface area contributed by atoms with Crippen molar-refractivity contribution < 1.29 is 9.59 Å². The first kappa shape index (κ1) is 19.7. The highest BCUT2D eigenvalue weighted by Gasteiger charge is 2.26. The number of carbonyl (C=O) groups excluding carboxylic acids is 2. The van der Waals surface area contributed by atoms with Crippen molar-refractivity contribution in [2.24, 2.45) is 5.92 Å². The lowest BCUT2D eigenvalue weighted by Crippen LogP contribution is -2.53. The molecule has 0 saturated carbocycles. The molecule has 0 radical (unpaired) electrons. The van der Waals surface area contributed by atoms with Crippen LogP contribution >= 0.6 is 11.6 Å². The molecule has 0 aliphatic carbocycles. The van der Waals surface area contributed by atoms with Crippen LogP contribution in [-0.4, -0.2) is 36.5 Å². The summed E-state index contributed by atoms with van der Waals surface area (Å²) in [6.07, 6.45) is 2.42. The summed E-state index contributed by atoms with van der Waals surface area (Å²) >= 11 is 5.86. The smallest absolute Gasteiger partial charge is 0.251 e. The molecule has 0 bridgehead atoms. The summed E-state index contributed by atoms with van der Waals surface area (Å²) < 4.78 is 0. The maximum atomic E-state index is 12.7. The molecule has 5 nitrogen and oxygen atoms in total. The highest BCUT2D eigenvalue weighted by atomic mass is 35.5. The van der Waals surface area contributed by atoms with Gasteiger partial charge in [0.25, 0.3) is 5.91 Å². The van der Waals surface area contributed by atoms with Crippen LogP contribution in [-0.2, 0) is 4.79 Å². The van der Waals surface area contributed by atoms with Gasteiger partial charge in [0.2, 0.25) is 5.91 Å². The Kier molecular flexibility index (Phi) is 7.26. The average Bonchev–Trinajstić information content (AvgIpc) is 2.54. The fourth-order valence-electron chi connectivity index (χ4n) is 3.11. The molecular weight excluding hydrogens is 338 g/mol. The first-order chi connectivity index (χ1) is 11.8. The summed E-state index contributed by atoms with van der Waals surface area (Å²) in [6.45, 7) is 7.10. The van der Waals surface area contributed by atoms with Crippen molar-refractivity contribution in [1.82, 2.24) is 16.0 Å². The van der Waals surface area contributed by atoms with E-state index in [2.05, 4.69) is 22.9 Å². The standard InChI is InChI=1S/C19H28ClN3O2/c1-12(2)10-17(19(25)22-16-8-9-21-13(3)11-16)23-18(24)14-4-6-15(20)7-5-14/h4-7,12-13,16-17,21H,8-11H2,1-3H3,(H,22,25)(H,23,24). The Morgan fingerprint density at radius 2 is 1.96 bits per heavy atom. The van der Waals surface area contributed by atoms with Gasteiger partial charge < -0.3 is 16.0 Å². The highest BCUT2D eigenvalue weighted by Crippen LogP contribution is 2.13. The number of piperidine rings is 1. The molecule has 3 atom stereocenters. The second-order valence-electron chi connectivity index (χ2n) is 7.25. The third-order valence-electron chi connectivity index (χ3n) is 4.41. The van der Waals surface area contributed by atoms with Gasteiger partial charge in [0.1, 0.15) is 6.04 Å². The number of nitrogens with one attached hydrogen (secondary N) is 3. The van der Waals surface area contributed by atoms with Gasteiger partial charge in [0, 0.05) is 22.7 Å². The lowest BCUT2D eigenvalue weighted by atomic mass is 9.98. The lowest BCUT2D eigenvalue weighted by molar-refractivity contribution is -0.124. The van der Waals surface area contributed by atoms with Crippen molar-refractivity contribution in [3.63, 3.8) is 0 Å². The number of hydrogen-bond donors (Lipinski definition) is 3. The molecule has 2 amide bonds. The van der Waals surface area contributed by atoms with E-state index >= 15 is 0 Å². The van der Waals surface area contributed by atoms with Gasteiger partial charge in [-0.2, -0.15) is 0 Å². The normalized spacial score (nSPS) is 21.6. The Balaban J connectivity index is 2.00. The van der Waals surface area contributed by atoms with Crippen LogP contribution in [0.1, 0.15) is 50.4 Å². The Morgan fingerprint density at radius 1 is 1.28 bits per heavy atom. The second kappa shape index (κ2) is 9.20. The summed E-state index contributed by atoms with van der Waals surface area (Å²) in [5.41, 5.74) is 0.501. The molecule has 1 fully saturated rings. The summed E-state index contributed by atoms with van der Waals surface area (Å²) in [5, 5.41) is 9.93. The van der Waals surface area contributed by atoms with Gasteiger partial charge in [-0.25, -0.2) is 0 Å². The molecule has 1 aliphatic rings. The van der Waals surface area contributed by atoms with Gasteiger partial charge in [-0.1, -0.05) is 25.4 Å². The first-order valence-corrected chi connectivity index (χ1v) is 9.33. The van der Waals surface area contributed by atoms with Crippen LogP contribution in [0.3, 0.4) is 0 Å². The Hall–Kier alpha value is -1.59. The fraction of sp³-hybridized carbons (Fsp3) is 0.579. The largest absolute Gasteiger partial charge is 0.351 e. The molecule has 1 aromatic rings. The van der Waals surface area contributed by atoms with Crippen molar-refractivity contribution in [3.8, 4) is 0 Å². The molecule has 3 N–H and O–H groups in total. The maximum Gasteiger partial charge on any atom is 0.251 e. The molecule has 1 aliphatic heterocycles. The van der Waals surface area contributed by atoms with E-state index in [1.807, 2.05) is 13.8 Å². The van der Waals surface area contributed by atoms with Gasteiger partial charge in [-0.15, -0.1) is 0 Å². The summed E-state index contributed by atoms with van der Waals surface area (Å²) in [7, 11) is 0. The van der Waals surface area contributed by atoms with Crippen LogP contribution in [0.25, 0.3) is 0 Å². The second-order valence-corrected chi connectivity index (χ2v) is 7.68. The van der Waals surface area contributed by atoms with E-state index in [9.17, 15) is 9.59 Å². The first-order valence-electron chi connectivity index (χ1n) is 8.95. The van der Waals surface area contributed by atoms with E-state index in [0.717, 1.165) is 19.4 Å². The van der Waals surface area contributed by atoms with E-state index in [-0.39, 0.29) is 17.9 Å². The quantitative estimate of drug-likeness (QED) is 0.726. The van der Waals surface area contributed by atoms with E-state index in [4.69, 9.17) is 11.6 Å². The SMILES string of the molecule is CC(C)CC(NC(=O)c1ccc(Cl)cc1)C(=O)NC1CCNC(C)C1. The topological polar surface area (TPSA) is 70.2 Å². The molecule has 1 heterocycles. The summed E-state index contributed by atoms with van der Waals surface area (Å²) in [5.74, 6) is -0.0560. The lowest BCUT2D eigenvalue weighted by Gasteiger charge is -2.30. The molecule has 0 spiro atoms. The summed E-state index contributed by atoms with van der Waals surface area (Å²) in [6, 6.07) is 6.69. The Morgan fingerprint density at radius 3 is 2.56 bits per heavy atom. The van der Waals surface area contributed by atoms with Gasteiger partial charge in [-0.3, -0.25) is 9.59 Å². The summed E-state index contributed by atoms with van der Waals surface area (Å²) in [4.78, 5) is 25.2. The average molecular weight is 366 g/mol. The molecule has 2 rings (SSSR count). The zero-order chi connectivity index (χ0) is 18.4. The van der Waals surface area contributed by atoms with E-state index < -0.39 is 6.04 Å². The maximum absolute atomic E-state index is 12.7. The minimum Gasteiger partial charge on any atom is -0.351 e. The van der Waals surface area contributed by atoms with Gasteiger partial charge >= 0.3 is 0 Å². The monoisotopic (exact) mass is 365 g/mol. The zero-order valence-corrected chi connectivity index (χ0v) is 15.9. The van der Waals surface area contributed by atoms with Crippen LogP contribution in [0.15, 0.2) is 24.3 Å². The predicted molar refractivity (Wildman–Crippen MR) is 101 cm³/mol. The van der Waals surface area contributed by atoms with Crippen molar-refractivity contribution in [2.75, 3.05) is 6.54 Å². The van der Waals surface area contributed by atoms with E-state index in [0.29, 0.717) is 29.0 Å². The van der Waals surface area contributed by atoms with Gasteiger partial charge in [0.05, 0.1) is 0 Å². The van der Waals surface area contributed by atoms with Crippen molar-refractivity contribution in [2.45, 2.75) is 58.2 Å². The van der Waals surface area contributed by atoms with Gasteiger partial charge in [0.15, 0.2) is 0 Å². The molecular formula is C19H28ClN3O2. The predicted octanol–water partition coefficient (Wildman–Crippen LogP) is 2.74. The number of carbonyl (C=O) groups is 2. The van der Waals surface area contributed by atoms with E-state index in [1.54, 1.807) is 24.3 Å². The minimum absolute atomic E-state index is 0.102. The molecule has 1 aromatic carbocycles. The Labute approximate surface area is 154 Å². The molecule has 138 valence electrons. The molecule has 25 heavy (non-hydrogen) atoms. The minimum atomic E-state index is -0.534. The fourth-order valence-corrected chi connectivity index (χ4v) is 3.24. The number of amides is 2. The van der Waals surface area contributed by atoms with Crippen LogP contribution in [0.4, 0.5) is 0 Å². The number of rotatable bonds is 6. The number of hydrogen-bond acceptors (Lipinski definition) is 3. The molecule has 1 saturated heterocycles. The van der Waals surface area contributed by atoms with Crippen molar-refractivity contribution >= 4 is 23.4 Å². The van der Waals surface area contributed by atoms with Crippen LogP contribution < -0.4 is 16.0 Å². The molecule has 6 heteroatoms. The third-order valence-corrected chi connectivity index (χ3v) is 4.66. The number of halogens is 1. The van der Waals surface area contributed by atoms with Crippen LogP contribution in [0, 0.1) is 5.92 Å². The Bertz CT molecular complexity index is 589. The zero-order valence-electron chi connectivity index (χ0n) is 15.1. The van der Waals surface area contributed by atoms with Crippen molar-refractivity contribution in [1.29, 1.82) is 0 Å². The molecule has 0 aromatic heterocycles. The molecule has 3 unspecified atom stereocenters. The van der Waals surface area contributed by atoms with Crippen LogP contribution in [0.2, 0.25) is 5.02 Å².